The van der Waals surface area contributed by atoms with Crippen LogP contribution in [0.15, 0.2) is 41.8 Å². The third kappa shape index (κ3) is 4.02. The third-order valence-corrected chi connectivity index (χ3v) is 4.82. The molecule has 1 aromatic carbocycles. The van der Waals surface area contributed by atoms with E-state index in [0.717, 1.165) is 18.5 Å². The van der Waals surface area contributed by atoms with Crippen LogP contribution in [0.5, 0.6) is 5.75 Å². The van der Waals surface area contributed by atoms with Crippen molar-refractivity contribution in [1.29, 1.82) is 0 Å². The number of ether oxygens (including phenoxy) is 1. The largest absolute Gasteiger partial charge is 0.484 e. The molecule has 0 aliphatic carbocycles. The lowest BCUT2D eigenvalue weighted by Crippen LogP contribution is -2.34. The van der Waals surface area contributed by atoms with Gasteiger partial charge in [-0.15, -0.1) is 11.3 Å². The lowest BCUT2D eigenvalue weighted by Gasteiger charge is -2.25. The standard InChI is InChI=1S/C18H18N2O3S/c19-17(21)12-23-15-4-1-13(2-5-15)3-6-18(22)20-9-7-16-14(11-20)8-10-24-16/h1-6,8,10H,7,9,11-12H2,(H2,19,21)/b6-3+. The zero-order valence-corrected chi connectivity index (χ0v) is 13.9. The zero-order valence-electron chi connectivity index (χ0n) is 13.1. The molecule has 2 heterocycles. The number of hydrogen-bond acceptors (Lipinski definition) is 4. The van der Waals surface area contributed by atoms with E-state index in [1.54, 1.807) is 35.6 Å². The van der Waals surface area contributed by atoms with Gasteiger partial charge in [0.1, 0.15) is 5.75 Å². The number of rotatable bonds is 5. The molecule has 3 rings (SSSR count). The van der Waals surface area contributed by atoms with Gasteiger partial charge in [0.05, 0.1) is 0 Å². The number of amides is 2. The number of carbonyl (C=O) groups is 2. The number of carbonyl (C=O) groups excluding carboxylic acids is 2. The molecule has 0 spiro atoms. The maximum absolute atomic E-state index is 12.3. The predicted molar refractivity (Wildman–Crippen MR) is 93.6 cm³/mol. The highest BCUT2D eigenvalue weighted by molar-refractivity contribution is 7.10. The Balaban J connectivity index is 1.57. The third-order valence-electron chi connectivity index (χ3n) is 3.80. The van der Waals surface area contributed by atoms with Crippen molar-refractivity contribution in [2.45, 2.75) is 13.0 Å². The Hall–Kier alpha value is -2.60. The summed E-state index contributed by atoms with van der Waals surface area (Å²) in [6.45, 7) is 1.30. The first-order valence-corrected chi connectivity index (χ1v) is 8.53. The van der Waals surface area contributed by atoms with E-state index in [1.165, 1.54) is 10.4 Å². The first kappa shape index (κ1) is 16.3. The molecule has 0 unspecified atom stereocenters. The van der Waals surface area contributed by atoms with Gasteiger partial charge in [-0.25, -0.2) is 0 Å². The molecule has 1 aromatic heterocycles. The number of benzene rings is 1. The second-order valence-corrected chi connectivity index (χ2v) is 6.54. The average Bonchev–Trinajstić information content (AvgIpc) is 3.06. The topological polar surface area (TPSA) is 72.6 Å². The number of nitrogens with two attached hydrogens (primary N) is 1. The van der Waals surface area contributed by atoms with E-state index < -0.39 is 5.91 Å². The number of nitrogens with zero attached hydrogens (tertiary/aromatic N) is 1. The average molecular weight is 342 g/mol. The molecule has 0 saturated carbocycles. The SMILES string of the molecule is NC(=O)COc1ccc(/C=C/C(=O)N2CCc3sccc3C2)cc1. The lowest BCUT2D eigenvalue weighted by atomic mass is 10.1. The van der Waals surface area contributed by atoms with Crippen LogP contribution in [-0.2, 0) is 22.6 Å². The second-order valence-electron chi connectivity index (χ2n) is 5.54. The molecular formula is C18H18N2O3S. The number of thiophene rings is 1. The minimum absolute atomic E-state index is 0.0147. The van der Waals surface area contributed by atoms with Gasteiger partial charge in [0.25, 0.3) is 5.91 Å². The van der Waals surface area contributed by atoms with Gasteiger partial charge < -0.3 is 15.4 Å². The monoisotopic (exact) mass is 342 g/mol. The van der Waals surface area contributed by atoms with E-state index in [9.17, 15) is 9.59 Å². The predicted octanol–water partition coefficient (Wildman–Crippen LogP) is 2.21. The fraction of sp³-hybridized carbons (Fsp3) is 0.222. The van der Waals surface area contributed by atoms with Crippen LogP contribution in [0.4, 0.5) is 0 Å². The van der Waals surface area contributed by atoms with Crippen LogP contribution in [0, 0.1) is 0 Å². The quantitative estimate of drug-likeness (QED) is 0.847. The van der Waals surface area contributed by atoms with Crippen molar-refractivity contribution in [3.63, 3.8) is 0 Å². The van der Waals surface area contributed by atoms with Gasteiger partial charge in [0.2, 0.25) is 5.91 Å². The maximum Gasteiger partial charge on any atom is 0.255 e. The van der Waals surface area contributed by atoms with Gasteiger partial charge in [-0.05, 0) is 47.2 Å². The molecule has 1 aliphatic rings. The summed E-state index contributed by atoms with van der Waals surface area (Å²) in [4.78, 5) is 26.2. The number of hydrogen-bond donors (Lipinski definition) is 1. The first-order chi connectivity index (χ1) is 11.6. The first-order valence-electron chi connectivity index (χ1n) is 7.65. The van der Waals surface area contributed by atoms with Gasteiger partial charge in [-0.3, -0.25) is 9.59 Å². The Morgan fingerprint density at radius 2 is 2.04 bits per heavy atom. The minimum atomic E-state index is -0.514. The number of fused-ring (bicyclic) bond motifs is 1. The van der Waals surface area contributed by atoms with Gasteiger partial charge in [0.15, 0.2) is 6.61 Å². The fourth-order valence-corrected chi connectivity index (χ4v) is 3.43. The molecule has 0 bridgehead atoms. The van der Waals surface area contributed by atoms with Crippen LogP contribution in [0.3, 0.4) is 0 Å². The van der Waals surface area contributed by atoms with Crippen molar-refractivity contribution in [1.82, 2.24) is 4.90 Å². The van der Waals surface area contributed by atoms with E-state index in [-0.39, 0.29) is 12.5 Å². The highest BCUT2D eigenvalue weighted by Gasteiger charge is 2.19. The van der Waals surface area contributed by atoms with E-state index in [1.807, 2.05) is 17.0 Å². The zero-order chi connectivity index (χ0) is 16.9. The second kappa shape index (κ2) is 7.31. The van der Waals surface area contributed by atoms with Crippen LogP contribution in [0.1, 0.15) is 16.0 Å². The summed E-state index contributed by atoms with van der Waals surface area (Å²) in [6, 6.07) is 9.23. The Morgan fingerprint density at radius 1 is 1.25 bits per heavy atom. The molecule has 0 atom stereocenters. The molecule has 24 heavy (non-hydrogen) atoms. The van der Waals surface area contributed by atoms with Crippen LogP contribution in [0.2, 0.25) is 0 Å². The molecule has 2 aromatic rings. The molecule has 0 radical (unpaired) electrons. The summed E-state index contributed by atoms with van der Waals surface area (Å²) >= 11 is 1.76. The minimum Gasteiger partial charge on any atom is -0.484 e. The molecule has 2 amide bonds. The van der Waals surface area contributed by atoms with Crippen molar-refractivity contribution in [3.05, 3.63) is 57.8 Å². The molecule has 2 N–H and O–H groups in total. The fourth-order valence-electron chi connectivity index (χ4n) is 2.54. The Kier molecular flexibility index (Phi) is 4.96. The van der Waals surface area contributed by atoms with Crippen molar-refractivity contribution in [2.24, 2.45) is 5.73 Å². The summed E-state index contributed by atoms with van der Waals surface area (Å²) in [5.41, 5.74) is 7.17. The van der Waals surface area contributed by atoms with Gasteiger partial charge >= 0.3 is 0 Å². The molecule has 6 heteroatoms. The molecule has 0 fully saturated rings. The van der Waals surface area contributed by atoms with E-state index in [0.29, 0.717) is 12.3 Å². The molecule has 124 valence electrons. The highest BCUT2D eigenvalue weighted by Crippen LogP contribution is 2.24. The van der Waals surface area contributed by atoms with Crippen molar-refractivity contribution in [3.8, 4) is 5.75 Å². The van der Waals surface area contributed by atoms with Gasteiger partial charge in [-0.2, -0.15) is 0 Å². The van der Waals surface area contributed by atoms with Crippen LogP contribution < -0.4 is 10.5 Å². The summed E-state index contributed by atoms with van der Waals surface area (Å²) in [7, 11) is 0. The van der Waals surface area contributed by atoms with E-state index in [2.05, 4.69) is 11.4 Å². The van der Waals surface area contributed by atoms with Crippen molar-refractivity contribution in [2.75, 3.05) is 13.2 Å². The Bertz CT molecular complexity index is 765. The Labute approximate surface area is 144 Å². The molecule has 0 saturated heterocycles. The summed E-state index contributed by atoms with van der Waals surface area (Å²) in [5.74, 6) is 0.0686. The van der Waals surface area contributed by atoms with Crippen LogP contribution in [-0.4, -0.2) is 29.9 Å². The normalized spacial score (nSPS) is 13.8. The Morgan fingerprint density at radius 3 is 2.79 bits per heavy atom. The lowest BCUT2D eigenvalue weighted by molar-refractivity contribution is -0.126. The molecular weight excluding hydrogens is 324 g/mol. The summed E-state index contributed by atoms with van der Waals surface area (Å²) < 4.78 is 5.20. The summed E-state index contributed by atoms with van der Waals surface area (Å²) in [5, 5.41) is 2.08. The van der Waals surface area contributed by atoms with Crippen LogP contribution >= 0.6 is 11.3 Å². The van der Waals surface area contributed by atoms with Crippen molar-refractivity contribution >= 4 is 29.2 Å². The molecule has 1 aliphatic heterocycles. The molecule has 5 nitrogen and oxygen atoms in total. The van der Waals surface area contributed by atoms with Crippen molar-refractivity contribution < 1.29 is 14.3 Å². The highest BCUT2D eigenvalue weighted by atomic mass is 32.1. The smallest absolute Gasteiger partial charge is 0.255 e. The maximum atomic E-state index is 12.3. The van der Waals surface area contributed by atoms with E-state index in [4.69, 9.17) is 10.5 Å². The number of primary amides is 1. The van der Waals surface area contributed by atoms with E-state index >= 15 is 0 Å². The summed E-state index contributed by atoms with van der Waals surface area (Å²) in [6.07, 6.45) is 4.30. The van der Waals surface area contributed by atoms with Gasteiger partial charge in [0, 0.05) is 24.0 Å². The van der Waals surface area contributed by atoms with Gasteiger partial charge in [-0.1, -0.05) is 12.1 Å². The van der Waals surface area contributed by atoms with Crippen LogP contribution in [0.25, 0.3) is 6.08 Å².